The van der Waals surface area contributed by atoms with Crippen molar-refractivity contribution in [2.45, 2.75) is 0 Å². The van der Waals surface area contributed by atoms with Gasteiger partial charge in [-0.25, -0.2) is 4.79 Å². The highest BCUT2D eigenvalue weighted by atomic mass is 16.5. The Morgan fingerprint density at radius 1 is 1.08 bits per heavy atom. The van der Waals surface area contributed by atoms with Gasteiger partial charge in [0.25, 0.3) is 5.91 Å². The first-order chi connectivity index (χ1) is 12.1. The number of hydrogen-bond acceptors (Lipinski definition) is 4. The number of amides is 1. The lowest BCUT2D eigenvalue weighted by atomic mass is 10.1. The normalized spacial score (nSPS) is 10.3. The highest BCUT2D eigenvalue weighted by Crippen LogP contribution is 2.21. The summed E-state index contributed by atoms with van der Waals surface area (Å²) in [6.45, 7) is 0. The van der Waals surface area contributed by atoms with E-state index in [1.54, 1.807) is 44.5 Å². The van der Waals surface area contributed by atoms with Crippen molar-refractivity contribution in [2.75, 3.05) is 19.1 Å². The first kappa shape index (κ1) is 16.4. The van der Waals surface area contributed by atoms with E-state index in [1.807, 2.05) is 30.3 Å². The van der Waals surface area contributed by atoms with Crippen LogP contribution in [0.3, 0.4) is 0 Å². The summed E-state index contributed by atoms with van der Waals surface area (Å²) in [7, 11) is 3.24. The predicted molar refractivity (Wildman–Crippen MR) is 96.0 cm³/mol. The molecule has 1 aromatic heterocycles. The van der Waals surface area contributed by atoms with Crippen molar-refractivity contribution in [3.8, 4) is 17.0 Å². The van der Waals surface area contributed by atoms with Crippen LogP contribution >= 0.6 is 0 Å². The number of aromatic nitrogens is 2. The maximum Gasteiger partial charge on any atom is 0.346 e. The highest BCUT2D eigenvalue weighted by molar-refractivity contribution is 6.04. The van der Waals surface area contributed by atoms with E-state index in [0.717, 1.165) is 11.3 Å². The second-order valence-corrected chi connectivity index (χ2v) is 5.41. The molecule has 1 heterocycles. The second kappa shape index (κ2) is 7.00. The predicted octanol–water partition coefficient (Wildman–Crippen LogP) is 2.72. The number of nitrogens with zero attached hydrogens (tertiary/aromatic N) is 2. The van der Waals surface area contributed by atoms with Crippen LogP contribution in [0.15, 0.2) is 65.5 Å². The van der Waals surface area contributed by atoms with Crippen LogP contribution in [-0.2, 0) is 0 Å². The van der Waals surface area contributed by atoms with E-state index in [4.69, 9.17) is 4.74 Å². The fraction of sp³-hybridized carbons (Fsp3) is 0.105. The van der Waals surface area contributed by atoms with Gasteiger partial charge in [-0.3, -0.25) is 4.79 Å². The van der Waals surface area contributed by atoms with Crippen LogP contribution < -0.4 is 15.3 Å². The lowest BCUT2D eigenvalue weighted by Gasteiger charge is -2.17. The fourth-order valence-corrected chi connectivity index (χ4v) is 2.43. The lowest BCUT2D eigenvalue weighted by Crippen LogP contribution is -2.29. The Morgan fingerprint density at radius 2 is 1.76 bits per heavy atom. The minimum Gasteiger partial charge on any atom is -0.497 e. The number of nitrogens with one attached hydrogen (secondary N) is 1. The van der Waals surface area contributed by atoms with Gasteiger partial charge in [-0.1, -0.05) is 18.2 Å². The van der Waals surface area contributed by atoms with Crippen molar-refractivity contribution < 1.29 is 9.53 Å². The van der Waals surface area contributed by atoms with Gasteiger partial charge < -0.3 is 14.6 Å². The van der Waals surface area contributed by atoms with Crippen LogP contribution in [0, 0.1) is 0 Å². The van der Waals surface area contributed by atoms with E-state index in [2.05, 4.69) is 9.97 Å². The molecular weight excluding hydrogens is 318 g/mol. The second-order valence-electron chi connectivity index (χ2n) is 5.41. The van der Waals surface area contributed by atoms with Crippen LogP contribution in [0.2, 0.25) is 0 Å². The van der Waals surface area contributed by atoms with Crippen LogP contribution in [0.5, 0.6) is 5.75 Å². The molecule has 0 bridgehead atoms. The number of H-pyrrole nitrogens is 1. The van der Waals surface area contributed by atoms with E-state index >= 15 is 0 Å². The zero-order valence-electron chi connectivity index (χ0n) is 13.9. The zero-order valence-corrected chi connectivity index (χ0v) is 13.9. The third-order valence-corrected chi connectivity index (χ3v) is 3.81. The van der Waals surface area contributed by atoms with Crippen LogP contribution in [0.4, 0.5) is 5.69 Å². The Balaban J connectivity index is 1.96. The monoisotopic (exact) mass is 335 g/mol. The van der Waals surface area contributed by atoms with Gasteiger partial charge in [-0.05, 0) is 42.5 Å². The summed E-state index contributed by atoms with van der Waals surface area (Å²) in [5, 5.41) is 0. The molecule has 6 nitrogen and oxygen atoms in total. The molecule has 1 N–H and O–H groups in total. The molecule has 3 aromatic rings. The van der Waals surface area contributed by atoms with Crippen molar-refractivity contribution in [2.24, 2.45) is 0 Å². The van der Waals surface area contributed by atoms with Gasteiger partial charge in [0.05, 0.1) is 12.8 Å². The third kappa shape index (κ3) is 3.58. The maximum absolute atomic E-state index is 12.7. The molecule has 0 fully saturated rings. The van der Waals surface area contributed by atoms with E-state index in [1.165, 1.54) is 4.90 Å². The number of anilines is 1. The van der Waals surface area contributed by atoms with Gasteiger partial charge in [-0.15, -0.1) is 0 Å². The third-order valence-electron chi connectivity index (χ3n) is 3.81. The molecule has 0 spiro atoms. The number of aromatic amines is 1. The molecule has 6 heteroatoms. The van der Waals surface area contributed by atoms with Crippen molar-refractivity contribution in [1.82, 2.24) is 9.97 Å². The molecule has 0 saturated heterocycles. The van der Waals surface area contributed by atoms with Crippen molar-refractivity contribution >= 4 is 11.6 Å². The Bertz CT molecular complexity index is 934. The van der Waals surface area contributed by atoms with Crippen LogP contribution in [0.1, 0.15) is 10.5 Å². The Hall–Kier alpha value is -3.41. The molecule has 1 amide bonds. The first-order valence-corrected chi connectivity index (χ1v) is 7.67. The molecular formula is C19H17N3O3. The summed E-state index contributed by atoms with van der Waals surface area (Å²) in [6, 6.07) is 17.9. The summed E-state index contributed by atoms with van der Waals surface area (Å²) in [5.74, 6) is 0.383. The van der Waals surface area contributed by atoms with Gasteiger partial charge in [0, 0.05) is 18.3 Å². The number of carbonyl (C=O) groups excluding carboxylic acids is 1. The average molecular weight is 335 g/mol. The Kier molecular flexibility index (Phi) is 4.61. The van der Waals surface area contributed by atoms with Crippen LogP contribution in [0.25, 0.3) is 11.3 Å². The topological polar surface area (TPSA) is 75.3 Å². The van der Waals surface area contributed by atoms with Gasteiger partial charge in [0.2, 0.25) is 0 Å². The standard InChI is InChI=1S/C19H17N3O3/c1-22(14-6-4-3-5-7-14)18(23)17-12-16(20-19(24)21-17)13-8-10-15(25-2)11-9-13/h3-12H,1-2H3,(H,20,21,24). The average Bonchev–Trinajstić information content (AvgIpc) is 2.67. The fourth-order valence-electron chi connectivity index (χ4n) is 2.43. The zero-order chi connectivity index (χ0) is 17.8. The van der Waals surface area contributed by atoms with Gasteiger partial charge >= 0.3 is 5.69 Å². The smallest absolute Gasteiger partial charge is 0.346 e. The molecule has 0 atom stereocenters. The van der Waals surface area contributed by atoms with Gasteiger partial charge in [0.15, 0.2) is 0 Å². The quantitative estimate of drug-likeness (QED) is 0.795. The lowest BCUT2D eigenvalue weighted by molar-refractivity contribution is 0.0988. The summed E-state index contributed by atoms with van der Waals surface area (Å²) in [6.07, 6.45) is 0. The number of rotatable bonds is 4. The summed E-state index contributed by atoms with van der Waals surface area (Å²) >= 11 is 0. The molecule has 2 aromatic carbocycles. The van der Waals surface area contributed by atoms with Crippen LogP contribution in [-0.4, -0.2) is 30.0 Å². The minimum atomic E-state index is -0.571. The van der Waals surface area contributed by atoms with Gasteiger partial charge in [0.1, 0.15) is 11.4 Å². The molecule has 25 heavy (non-hydrogen) atoms. The minimum absolute atomic E-state index is 0.178. The van der Waals surface area contributed by atoms with Crippen molar-refractivity contribution in [3.63, 3.8) is 0 Å². The highest BCUT2D eigenvalue weighted by Gasteiger charge is 2.16. The van der Waals surface area contributed by atoms with Crippen molar-refractivity contribution in [3.05, 3.63) is 76.8 Å². The SMILES string of the molecule is COc1ccc(-c2cc(C(=O)N(C)c3ccccc3)[nH]c(=O)n2)cc1. The number of hydrogen-bond donors (Lipinski definition) is 1. The summed E-state index contributed by atoms with van der Waals surface area (Å²) in [5.41, 5.74) is 1.49. The summed E-state index contributed by atoms with van der Waals surface area (Å²) < 4.78 is 5.12. The Morgan fingerprint density at radius 3 is 2.40 bits per heavy atom. The van der Waals surface area contributed by atoms with E-state index in [9.17, 15) is 9.59 Å². The number of para-hydroxylation sites is 1. The molecule has 0 unspecified atom stereocenters. The molecule has 0 aliphatic rings. The number of ether oxygens (including phenoxy) is 1. The molecule has 0 aliphatic heterocycles. The van der Waals surface area contributed by atoms with Crippen molar-refractivity contribution in [1.29, 1.82) is 0 Å². The molecule has 3 rings (SSSR count). The first-order valence-electron chi connectivity index (χ1n) is 7.67. The largest absolute Gasteiger partial charge is 0.497 e. The number of methoxy groups -OCH3 is 1. The van der Waals surface area contributed by atoms with E-state index < -0.39 is 5.69 Å². The summed E-state index contributed by atoms with van der Waals surface area (Å²) in [4.78, 5) is 32.5. The number of carbonyl (C=O) groups is 1. The molecule has 0 saturated carbocycles. The Labute approximate surface area is 144 Å². The molecule has 0 aliphatic carbocycles. The maximum atomic E-state index is 12.7. The number of benzene rings is 2. The molecule has 0 radical (unpaired) electrons. The molecule has 126 valence electrons. The van der Waals surface area contributed by atoms with Gasteiger partial charge in [-0.2, -0.15) is 4.98 Å². The van der Waals surface area contributed by atoms with E-state index in [0.29, 0.717) is 11.4 Å². The van der Waals surface area contributed by atoms with E-state index in [-0.39, 0.29) is 11.6 Å².